The lowest BCUT2D eigenvalue weighted by Crippen LogP contribution is -2.29. The van der Waals surface area contributed by atoms with Crippen molar-refractivity contribution in [2.75, 3.05) is 36.8 Å². The van der Waals surface area contributed by atoms with Gasteiger partial charge in [-0.25, -0.2) is 0 Å². The topological polar surface area (TPSA) is 52.7 Å². The van der Waals surface area contributed by atoms with Crippen LogP contribution in [0.2, 0.25) is 0 Å². The van der Waals surface area contributed by atoms with E-state index in [0.29, 0.717) is 5.69 Å². The van der Waals surface area contributed by atoms with Crippen LogP contribution in [0, 0.1) is 0 Å². The van der Waals surface area contributed by atoms with E-state index < -0.39 is 10.2 Å². The smallest absolute Gasteiger partial charge is 0.301 e. The van der Waals surface area contributed by atoms with E-state index >= 15 is 0 Å². The molecule has 0 saturated carbocycles. The number of rotatable bonds is 6. The molecule has 0 radical (unpaired) electrons. The molecule has 0 fully saturated rings. The van der Waals surface area contributed by atoms with Crippen LogP contribution in [0.1, 0.15) is 13.8 Å². The molecule has 0 heterocycles. The number of nitrogens with zero attached hydrogens (tertiary/aromatic N) is 2. The highest BCUT2D eigenvalue weighted by Gasteiger charge is 2.13. The summed E-state index contributed by atoms with van der Waals surface area (Å²) in [5.41, 5.74) is 1.59. The molecule has 0 amide bonds. The molecule has 0 aliphatic carbocycles. The van der Waals surface area contributed by atoms with Gasteiger partial charge in [-0.3, -0.25) is 4.72 Å². The molecule has 6 heteroatoms. The number of hydrogen-bond donors (Lipinski definition) is 1. The van der Waals surface area contributed by atoms with Crippen molar-refractivity contribution in [3.63, 3.8) is 0 Å². The SMILES string of the molecule is CCN(CC)c1cccc(NS(=O)(=O)N(C)C)c1. The Labute approximate surface area is 110 Å². The second-order valence-electron chi connectivity index (χ2n) is 4.11. The standard InChI is InChI=1S/C12H21N3O2S/c1-5-15(6-2)12-9-7-8-11(10-12)13-18(16,17)14(3)4/h7-10,13H,5-6H2,1-4H3. The summed E-state index contributed by atoms with van der Waals surface area (Å²) in [6.07, 6.45) is 0. The number of hydrogen-bond acceptors (Lipinski definition) is 3. The molecule has 0 aliphatic heterocycles. The van der Waals surface area contributed by atoms with Crippen LogP contribution in [0.5, 0.6) is 0 Å². The van der Waals surface area contributed by atoms with Crippen molar-refractivity contribution < 1.29 is 8.42 Å². The lowest BCUT2D eigenvalue weighted by molar-refractivity contribution is 0.527. The van der Waals surface area contributed by atoms with Crippen LogP contribution in [0.25, 0.3) is 0 Å². The summed E-state index contributed by atoms with van der Waals surface area (Å²) in [5, 5.41) is 0. The number of benzene rings is 1. The van der Waals surface area contributed by atoms with Crippen LogP contribution in [0.4, 0.5) is 11.4 Å². The van der Waals surface area contributed by atoms with Crippen LogP contribution in [0.3, 0.4) is 0 Å². The molecule has 0 aromatic heterocycles. The van der Waals surface area contributed by atoms with Crippen molar-refractivity contribution >= 4 is 21.6 Å². The van der Waals surface area contributed by atoms with Gasteiger partial charge in [-0.1, -0.05) is 6.07 Å². The summed E-state index contributed by atoms with van der Waals surface area (Å²) in [5.74, 6) is 0. The first kappa shape index (κ1) is 14.8. The second kappa shape index (κ2) is 6.06. The van der Waals surface area contributed by atoms with Gasteiger partial charge < -0.3 is 4.90 Å². The van der Waals surface area contributed by atoms with Gasteiger partial charge in [0.25, 0.3) is 0 Å². The lowest BCUT2D eigenvalue weighted by atomic mass is 10.2. The van der Waals surface area contributed by atoms with E-state index in [4.69, 9.17) is 0 Å². The van der Waals surface area contributed by atoms with Crippen molar-refractivity contribution in [1.29, 1.82) is 0 Å². The van der Waals surface area contributed by atoms with Crippen LogP contribution in [0.15, 0.2) is 24.3 Å². The maximum atomic E-state index is 11.7. The van der Waals surface area contributed by atoms with Crippen molar-refractivity contribution in [1.82, 2.24) is 4.31 Å². The normalized spacial score (nSPS) is 11.6. The van der Waals surface area contributed by atoms with E-state index in [1.165, 1.54) is 14.1 Å². The van der Waals surface area contributed by atoms with Crippen molar-refractivity contribution in [3.05, 3.63) is 24.3 Å². The summed E-state index contributed by atoms with van der Waals surface area (Å²) in [6.45, 7) is 5.92. The summed E-state index contributed by atoms with van der Waals surface area (Å²) < 4.78 is 27.1. The van der Waals surface area contributed by atoms with Gasteiger partial charge in [-0.2, -0.15) is 12.7 Å². The molecule has 1 rings (SSSR count). The minimum atomic E-state index is -3.44. The molecule has 5 nitrogen and oxygen atoms in total. The molecular weight excluding hydrogens is 250 g/mol. The van der Waals surface area contributed by atoms with E-state index in [2.05, 4.69) is 23.5 Å². The van der Waals surface area contributed by atoms with Gasteiger partial charge >= 0.3 is 10.2 Å². The molecule has 1 N–H and O–H groups in total. The molecule has 0 saturated heterocycles. The zero-order valence-electron chi connectivity index (χ0n) is 11.3. The Hall–Kier alpha value is -1.27. The number of anilines is 2. The molecular formula is C12H21N3O2S. The lowest BCUT2D eigenvalue weighted by Gasteiger charge is -2.22. The van der Waals surface area contributed by atoms with Gasteiger partial charge in [0, 0.05) is 32.9 Å². The maximum Gasteiger partial charge on any atom is 0.301 e. The zero-order valence-corrected chi connectivity index (χ0v) is 12.2. The van der Waals surface area contributed by atoms with Gasteiger partial charge in [0.05, 0.1) is 5.69 Å². The Bertz CT molecular complexity index is 482. The Balaban J connectivity index is 2.96. The minimum absolute atomic E-state index is 0.577. The highest BCUT2D eigenvalue weighted by molar-refractivity contribution is 7.90. The Morgan fingerprint density at radius 1 is 1.17 bits per heavy atom. The Kier molecular flexibility index (Phi) is 4.98. The van der Waals surface area contributed by atoms with Crippen LogP contribution in [-0.2, 0) is 10.2 Å². The first-order chi connectivity index (χ1) is 8.40. The number of nitrogens with one attached hydrogen (secondary N) is 1. The maximum absolute atomic E-state index is 11.7. The Morgan fingerprint density at radius 2 is 1.78 bits per heavy atom. The van der Waals surface area contributed by atoms with Gasteiger partial charge in [-0.05, 0) is 32.0 Å². The van der Waals surface area contributed by atoms with Crippen LogP contribution < -0.4 is 9.62 Å². The molecule has 1 aromatic carbocycles. The zero-order chi connectivity index (χ0) is 13.8. The third-order valence-electron chi connectivity index (χ3n) is 2.70. The van der Waals surface area contributed by atoms with Gasteiger partial charge in [0.2, 0.25) is 0 Å². The van der Waals surface area contributed by atoms with Gasteiger partial charge in [0.15, 0.2) is 0 Å². The predicted molar refractivity (Wildman–Crippen MR) is 76.2 cm³/mol. The third kappa shape index (κ3) is 3.61. The molecule has 0 bridgehead atoms. The fraction of sp³-hybridized carbons (Fsp3) is 0.500. The highest BCUT2D eigenvalue weighted by Crippen LogP contribution is 2.20. The Morgan fingerprint density at radius 3 is 2.28 bits per heavy atom. The van der Waals surface area contributed by atoms with Gasteiger partial charge in [0.1, 0.15) is 0 Å². The van der Waals surface area contributed by atoms with Crippen LogP contribution >= 0.6 is 0 Å². The quantitative estimate of drug-likeness (QED) is 0.857. The van der Waals surface area contributed by atoms with E-state index in [1.54, 1.807) is 6.07 Å². The molecule has 18 heavy (non-hydrogen) atoms. The minimum Gasteiger partial charge on any atom is -0.372 e. The van der Waals surface area contributed by atoms with Crippen molar-refractivity contribution in [2.45, 2.75) is 13.8 Å². The van der Waals surface area contributed by atoms with Crippen molar-refractivity contribution in [2.24, 2.45) is 0 Å². The summed E-state index contributed by atoms with van der Waals surface area (Å²) in [4.78, 5) is 2.16. The van der Waals surface area contributed by atoms with Crippen LogP contribution in [-0.4, -0.2) is 39.9 Å². The van der Waals surface area contributed by atoms with E-state index in [1.807, 2.05) is 18.2 Å². The fourth-order valence-electron chi connectivity index (χ4n) is 1.60. The molecule has 0 aliphatic rings. The fourth-order valence-corrected chi connectivity index (χ4v) is 2.20. The summed E-state index contributed by atoms with van der Waals surface area (Å²) in [6, 6.07) is 7.41. The molecule has 0 unspecified atom stereocenters. The van der Waals surface area contributed by atoms with E-state index in [9.17, 15) is 8.42 Å². The average Bonchev–Trinajstić information content (AvgIpc) is 2.30. The predicted octanol–water partition coefficient (Wildman–Crippen LogP) is 1.75. The van der Waals surface area contributed by atoms with E-state index in [-0.39, 0.29) is 0 Å². The van der Waals surface area contributed by atoms with Gasteiger partial charge in [-0.15, -0.1) is 0 Å². The molecule has 0 spiro atoms. The summed E-state index contributed by atoms with van der Waals surface area (Å²) in [7, 11) is -0.449. The molecule has 1 aromatic rings. The van der Waals surface area contributed by atoms with E-state index in [0.717, 1.165) is 23.1 Å². The largest absolute Gasteiger partial charge is 0.372 e. The molecule has 0 atom stereocenters. The first-order valence-electron chi connectivity index (χ1n) is 5.96. The molecule has 102 valence electrons. The highest BCUT2D eigenvalue weighted by atomic mass is 32.2. The second-order valence-corrected chi connectivity index (χ2v) is 6.00. The summed E-state index contributed by atoms with van der Waals surface area (Å²) >= 11 is 0. The first-order valence-corrected chi connectivity index (χ1v) is 7.40. The average molecular weight is 271 g/mol. The van der Waals surface area contributed by atoms with Crippen molar-refractivity contribution in [3.8, 4) is 0 Å². The monoisotopic (exact) mass is 271 g/mol. The third-order valence-corrected chi connectivity index (χ3v) is 4.16.